The maximum Gasteiger partial charge on any atom is 0.331 e. The molecule has 20 heavy (non-hydrogen) atoms. The van der Waals surface area contributed by atoms with Crippen LogP contribution in [0.1, 0.15) is 20.3 Å². The van der Waals surface area contributed by atoms with E-state index in [2.05, 4.69) is 4.74 Å². The first-order chi connectivity index (χ1) is 9.37. The van der Waals surface area contributed by atoms with Gasteiger partial charge in [-0.25, -0.2) is 22.3 Å². The summed E-state index contributed by atoms with van der Waals surface area (Å²) >= 11 is 0. The Morgan fingerprint density at radius 1 is 1.10 bits per heavy atom. The highest BCUT2D eigenvalue weighted by atomic mass is 32.2. The molecular formula is C12H21NO6S. The zero-order valence-corrected chi connectivity index (χ0v) is 12.8. The molecule has 0 saturated heterocycles. The van der Waals surface area contributed by atoms with E-state index in [-0.39, 0.29) is 18.8 Å². The Morgan fingerprint density at radius 2 is 1.65 bits per heavy atom. The zero-order valence-electron chi connectivity index (χ0n) is 12.0. The Balaban J connectivity index is 4.06. The molecule has 0 aromatic carbocycles. The van der Waals surface area contributed by atoms with Crippen molar-refractivity contribution in [2.45, 2.75) is 20.3 Å². The third kappa shape index (κ3) is 7.25. The molecule has 0 bridgehead atoms. The monoisotopic (exact) mass is 307 g/mol. The molecule has 0 rings (SSSR count). The highest BCUT2D eigenvalue weighted by Gasteiger charge is 2.18. The van der Waals surface area contributed by atoms with Crippen LogP contribution in [0.3, 0.4) is 0 Å². The van der Waals surface area contributed by atoms with Gasteiger partial charge in [0.25, 0.3) is 0 Å². The molecule has 0 spiro atoms. The Morgan fingerprint density at radius 3 is 2.15 bits per heavy atom. The number of rotatable bonds is 9. The molecule has 0 saturated carbocycles. The highest BCUT2D eigenvalue weighted by molar-refractivity contribution is 7.89. The molecule has 8 heteroatoms. The molecule has 0 atom stereocenters. The molecule has 0 aliphatic heterocycles. The fourth-order valence-corrected chi connectivity index (χ4v) is 2.94. The average Bonchev–Trinajstić information content (AvgIpc) is 2.41. The predicted octanol–water partition coefficient (Wildman–Crippen LogP) is 0.321. The lowest BCUT2D eigenvalue weighted by Crippen LogP contribution is -2.33. The summed E-state index contributed by atoms with van der Waals surface area (Å²) in [6.45, 7) is 4.34. The van der Waals surface area contributed by atoms with E-state index in [4.69, 9.17) is 4.74 Å². The second-order valence-electron chi connectivity index (χ2n) is 3.78. The van der Waals surface area contributed by atoms with E-state index in [0.717, 1.165) is 12.2 Å². The van der Waals surface area contributed by atoms with E-state index in [0.29, 0.717) is 13.1 Å². The first kappa shape index (κ1) is 18.6. The minimum atomic E-state index is -3.30. The van der Waals surface area contributed by atoms with Gasteiger partial charge in [0.2, 0.25) is 10.0 Å². The van der Waals surface area contributed by atoms with Gasteiger partial charge in [0.15, 0.2) is 0 Å². The summed E-state index contributed by atoms with van der Waals surface area (Å²) in [5, 5.41) is 0. The first-order valence-electron chi connectivity index (χ1n) is 6.28. The van der Waals surface area contributed by atoms with Crippen LogP contribution in [0.15, 0.2) is 12.2 Å². The van der Waals surface area contributed by atoms with Gasteiger partial charge in [0.05, 0.1) is 19.5 Å². The Bertz CT molecular complexity index is 439. The van der Waals surface area contributed by atoms with Gasteiger partial charge in [-0.1, -0.05) is 13.8 Å². The normalized spacial score (nSPS) is 11.8. The summed E-state index contributed by atoms with van der Waals surface area (Å²) in [6, 6.07) is 0. The molecule has 0 fully saturated rings. The SMILES string of the molecule is CCN(CC)S(=O)(=O)CCCOC(=O)/C=C/C(=O)OC. The topological polar surface area (TPSA) is 90.0 Å². The maximum absolute atomic E-state index is 11.8. The van der Waals surface area contributed by atoms with E-state index in [9.17, 15) is 18.0 Å². The number of nitrogens with zero attached hydrogens (tertiary/aromatic N) is 1. The van der Waals surface area contributed by atoms with Crippen molar-refractivity contribution in [3.8, 4) is 0 Å². The van der Waals surface area contributed by atoms with Gasteiger partial charge in [-0.3, -0.25) is 0 Å². The third-order valence-corrected chi connectivity index (χ3v) is 4.55. The molecular weight excluding hydrogens is 286 g/mol. The van der Waals surface area contributed by atoms with Gasteiger partial charge in [0.1, 0.15) is 0 Å². The summed E-state index contributed by atoms with van der Waals surface area (Å²) < 4.78 is 34.0. The second kappa shape index (κ2) is 9.49. The van der Waals surface area contributed by atoms with Crippen molar-refractivity contribution < 1.29 is 27.5 Å². The fraction of sp³-hybridized carbons (Fsp3) is 0.667. The smallest absolute Gasteiger partial charge is 0.331 e. The van der Waals surface area contributed by atoms with E-state index in [1.54, 1.807) is 13.8 Å². The van der Waals surface area contributed by atoms with Crippen LogP contribution in [0, 0.1) is 0 Å². The third-order valence-electron chi connectivity index (χ3n) is 2.45. The van der Waals surface area contributed by atoms with Crippen molar-refractivity contribution in [2.75, 3.05) is 32.6 Å². The molecule has 0 aromatic rings. The van der Waals surface area contributed by atoms with Gasteiger partial charge < -0.3 is 9.47 Å². The number of ether oxygens (including phenoxy) is 2. The summed E-state index contributed by atoms with van der Waals surface area (Å²) in [6.07, 6.45) is 2.08. The van der Waals surface area contributed by atoms with Crippen LogP contribution in [0.25, 0.3) is 0 Å². The summed E-state index contributed by atoms with van der Waals surface area (Å²) in [7, 11) is -2.11. The lowest BCUT2D eigenvalue weighted by atomic mass is 10.5. The summed E-state index contributed by atoms with van der Waals surface area (Å²) in [4.78, 5) is 21.9. The van der Waals surface area contributed by atoms with Crippen LogP contribution in [0.4, 0.5) is 0 Å². The Hall–Kier alpha value is -1.41. The second-order valence-corrected chi connectivity index (χ2v) is 5.87. The molecule has 0 radical (unpaired) electrons. The van der Waals surface area contributed by atoms with E-state index >= 15 is 0 Å². The van der Waals surface area contributed by atoms with E-state index in [1.165, 1.54) is 11.4 Å². The molecule has 0 amide bonds. The average molecular weight is 307 g/mol. The number of carbonyl (C=O) groups is 2. The van der Waals surface area contributed by atoms with E-state index in [1.807, 2.05) is 0 Å². The Labute approximate surface area is 119 Å². The number of hydrogen-bond acceptors (Lipinski definition) is 6. The standard InChI is InChI=1S/C12H21NO6S/c1-4-13(5-2)20(16,17)10-6-9-19-12(15)8-7-11(14)18-3/h7-8H,4-6,9-10H2,1-3H3/b8-7+. The van der Waals surface area contributed by atoms with Crippen LogP contribution in [-0.4, -0.2) is 57.2 Å². The van der Waals surface area contributed by atoms with E-state index < -0.39 is 22.0 Å². The molecule has 0 unspecified atom stereocenters. The minimum absolute atomic E-state index is 0.0230. The van der Waals surface area contributed by atoms with Gasteiger partial charge in [0, 0.05) is 25.2 Å². The molecule has 0 aliphatic rings. The van der Waals surface area contributed by atoms with Gasteiger partial charge >= 0.3 is 11.9 Å². The van der Waals surface area contributed by atoms with Crippen molar-refractivity contribution in [1.29, 1.82) is 0 Å². The predicted molar refractivity (Wildman–Crippen MR) is 73.4 cm³/mol. The lowest BCUT2D eigenvalue weighted by Gasteiger charge is -2.17. The van der Waals surface area contributed by atoms with Crippen LogP contribution < -0.4 is 0 Å². The van der Waals surface area contributed by atoms with Crippen molar-refractivity contribution in [1.82, 2.24) is 4.31 Å². The largest absolute Gasteiger partial charge is 0.466 e. The van der Waals surface area contributed by atoms with Crippen molar-refractivity contribution >= 4 is 22.0 Å². The molecule has 0 aliphatic carbocycles. The number of sulfonamides is 1. The molecule has 0 N–H and O–H groups in total. The summed E-state index contributed by atoms with van der Waals surface area (Å²) in [5.41, 5.74) is 0. The Kier molecular flexibility index (Phi) is 8.82. The van der Waals surface area contributed by atoms with Crippen LogP contribution in [0.2, 0.25) is 0 Å². The van der Waals surface area contributed by atoms with Crippen LogP contribution in [0.5, 0.6) is 0 Å². The minimum Gasteiger partial charge on any atom is -0.466 e. The number of methoxy groups -OCH3 is 1. The maximum atomic E-state index is 11.8. The molecule has 7 nitrogen and oxygen atoms in total. The van der Waals surface area contributed by atoms with Crippen molar-refractivity contribution in [3.63, 3.8) is 0 Å². The molecule has 0 heterocycles. The van der Waals surface area contributed by atoms with Crippen molar-refractivity contribution in [2.24, 2.45) is 0 Å². The van der Waals surface area contributed by atoms with Gasteiger partial charge in [-0.15, -0.1) is 0 Å². The van der Waals surface area contributed by atoms with Crippen LogP contribution in [-0.2, 0) is 29.1 Å². The lowest BCUT2D eigenvalue weighted by molar-refractivity contribution is -0.139. The molecule has 116 valence electrons. The number of hydrogen-bond donors (Lipinski definition) is 0. The van der Waals surface area contributed by atoms with Gasteiger partial charge in [-0.05, 0) is 6.42 Å². The summed E-state index contributed by atoms with van der Waals surface area (Å²) in [5.74, 6) is -1.45. The zero-order chi connectivity index (χ0) is 15.6. The number of esters is 2. The number of carbonyl (C=O) groups excluding carboxylic acids is 2. The fourth-order valence-electron chi connectivity index (χ4n) is 1.41. The van der Waals surface area contributed by atoms with Crippen LogP contribution >= 0.6 is 0 Å². The van der Waals surface area contributed by atoms with Gasteiger partial charge in [-0.2, -0.15) is 0 Å². The van der Waals surface area contributed by atoms with Crippen molar-refractivity contribution in [3.05, 3.63) is 12.2 Å². The first-order valence-corrected chi connectivity index (χ1v) is 7.88. The quantitative estimate of drug-likeness (QED) is 0.346. The highest BCUT2D eigenvalue weighted by Crippen LogP contribution is 2.03. The molecule has 0 aromatic heterocycles.